The van der Waals surface area contributed by atoms with Gasteiger partial charge >= 0.3 is 0 Å². The van der Waals surface area contributed by atoms with Crippen LogP contribution in [0.25, 0.3) is 83.5 Å². The molecule has 0 atom stereocenters. The van der Waals surface area contributed by atoms with Crippen molar-refractivity contribution in [1.29, 1.82) is 0 Å². The van der Waals surface area contributed by atoms with Gasteiger partial charge in [-0.3, -0.25) is 0 Å². The molecule has 0 N–H and O–H groups in total. The lowest BCUT2D eigenvalue weighted by Gasteiger charge is -2.03. The van der Waals surface area contributed by atoms with Gasteiger partial charge in [0.05, 0.1) is 0 Å². The summed E-state index contributed by atoms with van der Waals surface area (Å²) < 4.78 is 26.7. The molecule has 4 aromatic heterocycles. The Morgan fingerprint density at radius 1 is 0.192 bits per heavy atom. The Kier molecular flexibility index (Phi) is 8.83. The van der Waals surface area contributed by atoms with E-state index < -0.39 is 0 Å². The topological polar surface area (TPSA) is 0 Å². The molecule has 5 aromatic carbocycles. The first-order valence-corrected chi connectivity index (χ1v) is 20.0. The van der Waals surface area contributed by atoms with E-state index in [1.807, 2.05) is 46.9 Å². The van der Waals surface area contributed by atoms with Crippen LogP contribution >= 0.6 is 45.3 Å². The lowest BCUT2D eigenvalue weighted by molar-refractivity contribution is 0.627. The van der Waals surface area contributed by atoms with Crippen LogP contribution < -0.4 is 0 Å². The zero-order valence-electron chi connectivity index (χ0n) is 27.6. The summed E-state index contributed by atoms with van der Waals surface area (Å²) in [5.74, 6) is -0.431. The molecule has 0 aliphatic carbocycles. The van der Waals surface area contributed by atoms with E-state index >= 15 is 0 Å². The van der Waals surface area contributed by atoms with Gasteiger partial charge in [-0.2, -0.15) is 0 Å². The van der Waals surface area contributed by atoms with Crippen LogP contribution in [0.5, 0.6) is 0 Å². The van der Waals surface area contributed by atoms with Gasteiger partial charge in [0.25, 0.3) is 0 Å². The molecule has 250 valence electrons. The smallest absolute Gasteiger partial charge is 0.123 e. The van der Waals surface area contributed by atoms with Crippen molar-refractivity contribution in [1.82, 2.24) is 0 Å². The number of thiophene rings is 4. The molecule has 0 nitrogen and oxygen atoms in total. The van der Waals surface area contributed by atoms with Crippen molar-refractivity contribution >= 4 is 45.3 Å². The molecule has 0 radical (unpaired) electrons. The summed E-state index contributed by atoms with van der Waals surface area (Å²) in [5.41, 5.74) is 9.27. The molecule has 0 saturated carbocycles. The molecule has 0 fully saturated rings. The highest BCUT2D eigenvalue weighted by molar-refractivity contribution is 7.20. The summed E-state index contributed by atoms with van der Waals surface area (Å²) in [5, 5.41) is 0. The van der Waals surface area contributed by atoms with Crippen molar-refractivity contribution in [3.05, 3.63) is 181 Å². The third-order valence-corrected chi connectivity index (χ3v) is 13.8. The molecule has 0 saturated heterocycles. The van der Waals surface area contributed by atoms with Crippen LogP contribution in [-0.4, -0.2) is 0 Å². The summed E-state index contributed by atoms with van der Waals surface area (Å²) in [6, 6.07) is 57.1. The third-order valence-electron chi connectivity index (χ3n) is 9.04. The van der Waals surface area contributed by atoms with E-state index in [4.69, 9.17) is 0 Å². The molecule has 0 unspecified atom stereocenters. The maximum absolute atomic E-state index is 13.4. The standard InChI is InChI=1S/C46H28F2S4/c47-37-17-13-35(14-18-37)45-27-25-43(51-45)33-9-5-31(6-10-33)41-23-21-39(49-41)29-1-2-30(4-3-29)40-22-24-42(50-40)32-7-11-34(12-8-32)44-26-28-46(52-44)36-15-19-38(48)20-16-36/h1-28H. The van der Waals surface area contributed by atoms with E-state index in [2.05, 4.69) is 121 Å². The van der Waals surface area contributed by atoms with Crippen molar-refractivity contribution in [3.8, 4) is 83.5 Å². The van der Waals surface area contributed by atoms with E-state index in [0.29, 0.717) is 0 Å². The Morgan fingerprint density at radius 3 is 0.481 bits per heavy atom. The lowest BCUT2D eigenvalue weighted by atomic mass is 10.1. The minimum Gasteiger partial charge on any atom is -0.207 e. The second kappa shape index (κ2) is 14.1. The molecular weight excluding hydrogens is 719 g/mol. The largest absolute Gasteiger partial charge is 0.207 e. The minimum atomic E-state index is -0.215. The van der Waals surface area contributed by atoms with E-state index in [0.717, 1.165) is 20.9 Å². The average Bonchev–Trinajstić information content (AvgIpc) is 4.03. The Balaban J connectivity index is 0.858. The van der Waals surface area contributed by atoms with Crippen LogP contribution in [0, 0.1) is 11.6 Å². The Labute approximate surface area is 317 Å². The third kappa shape index (κ3) is 6.74. The van der Waals surface area contributed by atoms with Gasteiger partial charge in [0.1, 0.15) is 11.6 Å². The Morgan fingerprint density at radius 2 is 0.327 bits per heavy atom. The van der Waals surface area contributed by atoms with Crippen LogP contribution in [0.2, 0.25) is 0 Å². The molecule has 0 bridgehead atoms. The van der Waals surface area contributed by atoms with E-state index in [1.165, 1.54) is 86.9 Å². The molecule has 0 aliphatic rings. The quantitative estimate of drug-likeness (QED) is 0.145. The Bertz CT molecular complexity index is 2420. The van der Waals surface area contributed by atoms with Crippen LogP contribution in [0.4, 0.5) is 8.78 Å². The van der Waals surface area contributed by atoms with Crippen molar-refractivity contribution in [2.24, 2.45) is 0 Å². The van der Waals surface area contributed by atoms with Gasteiger partial charge in [-0.15, -0.1) is 45.3 Å². The summed E-state index contributed by atoms with van der Waals surface area (Å²) >= 11 is 7.06. The van der Waals surface area contributed by atoms with Gasteiger partial charge in [-0.25, -0.2) is 8.78 Å². The first kappa shape index (κ1) is 32.7. The number of rotatable bonds is 8. The number of halogens is 2. The highest BCUT2D eigenvalue weighted by atomic mass is 32.1. The van der Waals surface area contributed by atoms with Crippen LogP contribution in [-0.2, 0) is 0 Å². The predicted octanol–water partition coefficient (Wildman–Crippen LogP) is 15.5. The molecule has 0 amide bonds. The average molecular weight is 747 g/mol. The van der Waals surface area contributed by atoms with Crippen molar-refractivity contribution in [3.63, 3.8) is 0 Å². The summed E-state index contributed by atoms with van der Waals surface area (Å²) in [4.78, 5) is 9.63. The number of hydrogen-bond acceptors (Lipinski definition) is 4. The van der Waals surface area contributed by atoms with Crippen molar-refractivity contribution in [2.45, 2.75) is 0 Å². The predicted molar refractivity (Wildman–Crippen MR) is 221 cm³/mol. The summed E-state index contributed by atoms with van der Waals surface area (Å²) in [7, 11) is 0. The first-order chi connectivity index (χ1) is 25.5. The second-order valence-electron chi connectivity index (χ2n) is 12.4. The summed E-state index contributed by atoms with van der Waals surface area (Å²) in [6.45, 7) is 0. The first-order valence-electron chi connectivity index (χ1n) is 16.8. The zero-order chi connectivity index (χ0) is 35.0. The Hall–Kier alpha value is -5.24. The molecule has 6 heteroatoms. The van der Waals surface area contributed by atoms with E-state index in [-0.39, 0.29) is 11.6 Å². The molecule has 9 rings (SSSR count). The second-order valence-corrected chi connectivity index (χ2v) is 16.7. The number of hydrogen-bond donors (Lipinski definition) is 0. The van der Waals surface area contributed by atoms with Crippen LogP contribution in [0.3, 0.4) is 0 Å². The van der Waals surface area contributed by atoms with Crippen LogP contribution in [0.15, 0.2) is 170 Å². The lowest BCUT2D eigenvalue weighted by Crippen LogP contribution is -1.75. The molecule has 0 aliphatic heterocycles. The van der Waals surface area contributed by atoms with E-state index in [1.54, 1.807) is 22.7 Å². The fraction of sp³-hybridized carbons (Fsp3) is 0. The zero-order valence-corrected chi connectivity index (χ0v) is 30.8. The maximum Gasteiger partial charge on any atom is 0.123 e. The van der Waals surface area contributed by atoms with Crippen molar-refractivity contribution in [2.75, 3.05) is 0 Å². The van der Waals surface area contributed by atoms with E-state index in [9.17, 15) is 8.78 Å². The van der Waals surface area contributed by atoms with Gasteiger partial charge in [0.15, 0.2) is 0 Å². The molecule has 4 heterocycles. The fourth-order valence-electron chi connectivity index (χ4n) is 6.22. The van der Waals surface area contributed by atoms with Gasteiger partial charge in [-0.1, -0.05) is 97.1 Å². The molecule has 9 aromatic rings. The maximum atomic E-state index is 13.4. The van der Waals surface area contributed by atoms with Gasteiger partial charge in [0, 0.05) is 39.0 Å². The van der Waals surface area contributed by atoms with Crippen molar-refractivity contribution < 1.29 is 8.78 Å². The number of benzene rings is 5. The minimum absolute atomic E-state index is 0.215. The SMILES string of the molecule is Fc1ccc(-c2ccc(-c3ccc(-c4ccc(-c5ccc(-c6ccc(-c7ccc(-c8ccc(-c9ccc(F)cc9)s8)cc7)s6)cc5)s4)cc3)s2)cc1. The highest BCUT2D eigenvalue weighted by Crippen LogP contribution is 2.41. The normalized spacial score (nSPS) is 11.3. The van der Waals surface area contributed by atoms with Gasteiger partial charge in [0.2, 0.25) is 0 Å². The van der Waals surface area contributed by atoms with Crippen LogP contribution in [0.1, 0.15) is 0 Å². The van der Waals surface area contributed by atoms with Gasteiger partial charge < -0.3 is 0 Å². The molecular formula is C46H28F2S4. The summed E-state index contributed by atoms with van der Waals surface area (Å²) in [6.07, 6.45) is 0. The molecule has 52 heavy (non-hydrogen) atoms. The fourth-order valence-corrected chi connectivity index (χ4v) is 10.3. The highest BCUT2D eigenvalue weighted by Gasteiger charge is 2.11. The molecule has 0 spiro atoms. The van der Waals surface area contributed by atoms with Gasteiger partial charge in [-0.05, 0) is 117 Å². The monoisotopic (exact) mass is 746 g/mol.